The Kier molecular flexibility index (Phi) is 35.6. The van der Waals surface area contributed by atoms with Gasteiger partial charge in [0, 0.05) is 35.7 Å². The van der Waals surface area contributed by atoms with Crippen molar-refractivity contribution < 1.29 is 0 Å². The van der Waals surface area contributed by atoms with E-state index in [2.05, 4.69) is 13.2 Å². The molecule has 0 atom stereocenters. The van der Waals surface area contributed by atoms with E-state index in [-0.39, 0.29) is 35.7 Å². The van der Waals surface area contributed by atoms with Crippen LogP contribution in [0.4, 0.5) is 0 Å². The van der Waals surface area contributed by atoms with E-state index in [1.807, 2.05) is 0 Å². The average Bonchev–Trinajstić information content (AvgIpc) is 1.41. The summed E-state index contributed by atoms with van der Waals surface area (Å²) in [5.74, 6) is 0. The Morgan fingerprint density at radius 1 is 1.29 bits per heavy atom. The summed E-state index contributed by atoms with van der Waals surface area (Å²) in [7, 11) is 0. The van der Waals surface area contributed by atoms with Crippen LogP contribution in [-0.4, -0.2) is 35.7 Å². The van der Waals surface area contributed by atoms with Gasteiger partial charge in [0.2, 0.25) is 0 Å². The van der Waals surface area contributed by atoms with Gasteiger partial charge >= 0.3 is 0 Å². The summed E-state index contributed by atoms with van der Waals surface area (Å²) in [5.41, 5.74) is 9.78. The van der Waals surface area contributed by atoms with E-state index in [1.54, 1.807) is 6.92 Å². The van der Waals surface area contributed by atoms with Crippen LogP contribution < -0.4 is 11.5 Å². The number of nitrogens with two attached hydrogens (primary N) is 2. The van der Waals surface area contributed by atoms with E-state index < -0.39 is 0 Å². The van der Waals surface area contributed by atoms with E-state index in [9.17, 15) is 0 Å². The summed E-state index contributed by atoms with van der Waals surface area (Å²) >= 11 is 0. The Morgan fingerprint density at radius 3 is 1.29 bits per heavy atom. The van der Waals surface area contributed by atoms with Gasteiger partial charge in [0.15, 0.2) is 0 Å². The second-order valence-corrected chi connectivity index (χ2v) is 0.859. The molecule has 0 heterocycles. The molecule has 0 aromatic rings. The fraction of sp³-hybridized carbons (Fsp3) is 0.500. The van der Waals surface area contributed by atoms with Gasteiger partial charge in [0.05, 0.1) is 0 Å². The van der Waals surface area contributed by atoms with Crippen molar-refractivity contribution in [2.45, 2.75) is 13.1 Å². The van der Waals surface area contributed by atoms with E-state index in [1.165, 1.54) is 0 Å². The van der Waals surface area contributed by atoms with Crippen LogP contribution in [0, 0.1) is 0 Å². The molecule has 0 aliphatic carbocycles. The predicted octanol–water partition coefficient (Wildman–Crippen LogP) is -0.329. The Morgan fingerprint density at radius 2 is 1.29 bits per heavy atom. The predicted molar refractivity (Wildman–Crippen MR) is 34.8 cm³/mol. The molecule has 0 aromatic carbocycles. The first-order valence-corrected chi connectivity index (χ1v) is 1.74. The molecule has 0 amide bonds. The number of hydrogen-bond acceptors (Lipinski definition) is 2. The molecule has 0 aromatic heterocycles. The van der Waals surface area contributed by atoms with Gasteiger partial charge in [-0.1, -0.05) is 0 Å². The number of hydrogen-bond donors (Lipinski definition) is 2. The molecule has 3 heteroatoms. The van der Waals surface area contributed by atoms with Gasteiger partial charge in [-0.3, -0.25) is 0 Å². The zero-order valence-corrected chi connectivity index (χ0v) is 7.15. The zero-order valence-electron chi connectivity index (χ0n) is 5.15. The largest absolute Gasteiger partial charge is 0.316 e. The summed E-state index contributed by atoms with van der Waals surface area (Å²) < 4.78 is 0. The topological polar surface area (TPSA) is 52.0 Å². The van der Waals surface area contributed by atoms with E-state index >= 15 is 0 Å². The van der Waals surface area contributed by atoms with Crippen molar-refractivity contribution in [3.63, 3.8) is 0 Å². The maximum absolute atomic E-state index is 4.89. The second kappa shape index (κ2) is 15.9. The monoisotopic (exact) mass is 111 g/mol. The van der Waals surface area contributed by atoms with Crippen LogP contribution in [0.5, 0.6) is 0 Å². The maximum atomic E-state index is 4.89. The third-order valence-corrected chi connectivity index (χ3v) is 0. The van der Waals surface area contributed by atoms with Crippen LogP contribution in [0.2, 0.25) is 0 Å². The maximum Gasteiger partial charge on any atom is 0.0491 e. The molecule has 7 heavy (non-hydrogen) atoms. The minimum atomic E-state index is -0.167. The molecule has 0 aliphatic heterocycles. The molecule has 0 rings (SSSR count). The van der Waals surface area contributed by atoms with Gasteiger partial charge in [0.25, 0.3) is 0 Å². The van der Waals surface area contributed by atoms with Crippen LogP contribution >= 0.6 is 0 Å². The Hall–Kier alpha value is 0.660. The smallest absolute Gasteiger partial charge is 0.0491 e. The van der Waals surface area contributed by atoms with Crippen molar-refractivity contribution in [3.8, 4) is 0 Å². The van der Waals surface area contributed by atoms with Gasteiger partial charge in [-0.2, -0.15) is 0 Å². The molecular weight excluding hydrogens is 99.0 g/mol. The minimum Gasteiger partial charge on any atom is -0.316 e. The van der Waals surface area contributed by atoms with Gasteiger partial charge in [0.1, 0.15) is 0 Å². The average molecular weight is 111 g/mol. The van der Waals surface area contributed by atoms with Gasteiger partial charge in [-0.15, -0.1) is 13.2 Å². The third kappa shape index (κ3) is 332. The molecule has 2 nitrogen and oxygen atoms in total. The van der Waals surface area contributed by atoms with Crippen molar-refractivity contribution in [1.82, 2.24) is 0 Å². The van der Waals surface area contributed by atoms with Crippen LogP contribution in [0.3, 0.4) is 0 Å². The van der Waals surface area contributed by atoms with Crippen LogP contribution in [0.15, 0.2) is 13.2 Å². The Labute approximate surface area is 67.2 Å². The summed E-state index contributed by atoms with van der Waals surface area (Å²) in [4.78, 5) is 0. The Bertz CT molecular complexity index is 20.9. The van der Waals surface area contributed by atoms with E-state index in [0.29, 0.717) is 0 Å². The summed E-state index contributed by atoms with van der Waals surface area (Å²) in [6, 6.07) is 0. The zero-order chi connectivity index (χ0) is 5.58. The second-order valence-electron chi connectivity index (χ2n) is 0.859. The van der Waals surface area contributed by atoms with Crippen molar-refractivity contribution >= 4 is 29.6 Å². The normalized spacial score (nSPS) is 5.71. The molecule has 0 saturated carbocycles. The van der Waals surface area contributed by atoms with Crippen molar-refractivity contribution in [2.75, 3.05) is 0 Å². The SMILES string of the molecule is C=C.CC(N)N.[Na]. The molecule has 0 spiro atoms. The first kappa shape index (κ1) is 15.6. The van der Waals surface area contributed by atoms with Crippen molar-refractivity contribution in [2.24, 2.45) is 11.5 Å². The van der Waals surface area contributed by atoms with Gasteiger partial charge in [-0.25, -0.2) is 0 Å². The van der Waals surface area contributed by atoms with Gasteiger partial charge < -0.3 is 11.5 Å². The molecule has 39 valence electrons. The first-order valence-electron chi connectivity index (χ1n) is 1.74. The first-order chi connectivity index (χ1) is 2.73. The molecule has 1 radical (unpaired) electrons. The molecule has 0 fully saturated rings. The van der Waals surface area contributed by atoms with E-state index in [4.69, 9.17) is 11.5 Å². The van der Waals surface area contributed by atoms with Crippen LogP contribution in [0.1, 0.15) is 6.92 Å². The molecule has 0 bridgehead atoms. The quantitative estimate of drug-likeness (QED) is 0.255. The van der Waals surface area contributed by atoms with E-state index in [0.717, 1.165) is 0 Å². The summed E-state index contributed by atoms with van der Waals surface area (Å²) in [6.45, 7) is 7.72. The standard InChI is InChI=1S/C2H8N2.C2H4.Na/c1-2(3)4;1-2;/h2H,3-4H2,1H3;1-2H2;. The van der Waals surface area contributed by atoms with Crippen LogP contribution in [-0.2, 0) is 0 Å². The van der Waals surface area contributed by atoms with Crippen LogP contribution in [0.25, 0.3) is 0 Å². The molecule has 4 N–H and O–H groups in total. The van der Waals surface area contributed by atoms with Gasteiger partial charge in [-0.05, 0) is 6.92 Å². The molecule has 0 unspecified atom stereocenters. The fourth-order valence-electron chi connectivity index (χ4n) is 0. The molecule has 0 aliphatic rings. The fourth-order valence-corrected chi connectivity index (χ4v) is 0. The van der Waals surface area contributed by atoms with Crippen molar-refractivity contribution in [1.29, 1.82) is 0 Å². The summed E-state index contributed by atoms with van der Waals surface area (Å²) in [5, 5.41) is 0. The van der Waals surface area contributed by atoms with Crippen molar-refractivity contribution in [3.05, 3.63) is 13.2 Å². The third-order valence-electron chi connectivity index (χ3n) is 0. The molecule has 0 saturated heterocycles. The number of rotatable bonds is 0. The Balaban J connectivity index is -0.0000000480. The summed E-state index contributed by atoms with van der Waals surface area (Å²) in [6.07, 6.45) is -0.167. The molecular formula is C4H12N2Na. The minimum absolute atomic E-state index is 0.